The van der Waals surface area contributed by atoms with Gasteiger partial charge in [-0.3, -0.25) is 4.79 Å². The van der Waals surface area contributed by atoms with Crippen molar-refractivity contribution >= 4 is 5.91 Å². The van der Waals surface area contributed by atoms with Gasteiger partial charge in [0.25, 0.3) is 0 Å². The minimum atomic E-state index is -0.636. The molecule has 4 nitrogen and oxygen atoms in total. The van der Waals surface area contributed by atoms with Crippen molar-refractivity contribution in [3.05, 3.63) is 0 Å². The summed E-state index contributed by atoms with van der Waals surface area (Å²) in [5.41, 5.74) is 4.89. The van der Waals surface area contributed by atoms with E-state index >= 15 is 0 Å². The number of hydrogen-bond acceptors (Lipinski definition) is 3. The Balaban J connectivity index is 2.79. The van der Waals surface area contributed by atoms with Crippen LogP contribution < -0.4 is 11.1 Å². The SMILES string of the molecule is CCCNC1(C(N)=O)CCCCC1OC. The molecule has 1 aliphatic rings. The summed E-state index contributed by atoms with van der Waals surface area (Å²) in [6, 6.07) is 0. The van der Waals surface area contributed by atoms with Gasteiger partial charge in [-0.15, -0.1) is 0 Å². The minimum Gasteiger partial charge on any atom is -0.379 e. The van der Waals surface area contributed by atoms with Gasteiger partial charge in [0, 0.05) is 7.11 Å². The second-order valence-corrected chi connectivity index (χ2v) is 4.23. The van der Waals surface area contributed by atoms with Gasteiger partial charge in [-0.05, 0) is 25.8 Å². The molecule has 15 heavy (non-hydrogen) atoms. The number of rotatable bonds is 5. The summed E-state index contributed by atoms with van der Waals surface area (Å²) in [5, 5.41) is 3.29. The molecular weight excluding hydrogens is 192 g/mol. The topological polar surface area (TPSA) is 64.3 Å². The smallest absolute Gasteiger partial charge is 0.240 e. The number of nitrogens with two attached hydrogens (primary N) is 1. The standard InChI is InChI=1S/C11H22N2O2/c1-3-8-13-11(10(12)14)7-5-4-6-9(11)15-2/h9,13H,3-8H2,1-2H3,(H2,12,14). The Kier molecular flexibility index (Phi) is 4.54. The summed E-state index contributed by atoms with van der Waals surface area (Å²) in [6.45, 7) is 2.88. The highest BCUT2D eigenvalue weighted by atomic mass is 16.5. The van der Waals surface area contributed by atoms with Gasteiger partial charge in [0.1, 0.15) is 5.54 Å². The molecule has 3 N–H and O–H groups in total. The van der Waals surface area contributed by atoms with E-state index in [1.54, 1.807) is 7.11 Å². The molecule has 0 saturated heterocycles. The predicted molar refractivity (Wildman–Crippen MR) is 59.5 cm³/mol. The molecule has 2 atom stereocenters. The van der Waals surface area contributed by atoms with Crippen LogP contribution in [0.3, 0.4) is 0 Å². The number of amides is 1. The lowest BCUT2D eigenvalue weighted by Crippen LogP contribution is -2.64. The average molecular weight is 214 g/mol. The summed E-state index contributed by atoms with van der Waals surface area (Å²) < 4.78 is 5.40. The first-order valence-corrected chi connectivity index (χ1v) is 5.75. The molecule has 0 spiro atoms. The van der Waals surface area contributed by atoms with E-state index in [1.807, 2.05) is 0 Å². The van der Waals surface area contributed by atoms with Gasteiger partial charge in [0.15, 0.2) is 0 Å². The van der Waals surface area contributed by atoms with Crippen molar-refractivity contribution in [3.63, 3.8) is 0 Å². The van der Waals surface area contributed by atoms with Crippen LogP contribution in [0.1, 0.15) is 39.0 Å². The summed E-state index contributed by atoms with van der Waals surface area (Å²) >= 11 is 0. The highest BCUT2D eigenvalue weighted by Crippen LogP contribution is 2.30. The molecule has 0 aromatic rings. The number of carbonyl (C=O) groups excluding carboxylic acids is 1. The van der Waals surface area contributed by atoms with Crippen LogP contribution in [0.4, 0.5) is 0 Å². The Hall–Kier alpha value is -0.610. The van der Waals surface area contributed by atoms with Gasteiger partial charge < -0.3 is 15.8 Å². The maximum absolute atomic E-state index is 11.6. The fraction of sp³-hybridized carbons (Fsp3) is 0.909. The molecule has 0 aromatic heterocycles. The van der Waals surface area contributed by atoms with E-state index in [2.05, 4.69) is 12.2 Å². The van der Waals surface area contributed by atoms with E-state index < -0.39 is 5.54 Å². The van der Waals surface area contributed by atoms with Crippen LogP contribution in [-0.2, 0) is 9.53 Å². The molecule has 4 heteroatoms. The van der Waals surface area contributed by atoms with E-state index in [0.29, 0.717) is 0 Å². The van der Waals surface area contributed by atoms with Crippen LogP contribution >= 0.6 is 0 Å². The van der Waals surface area contributed by atoms with Crippen molar-refractivity contribution in [2.75, 3.05) is 13.7 Å². The lowest BCUT2D eigenvalue weighted by atomic mass is 9.78. The molecule has 0 aliphatic heterocycles. The minimum absolute atomic E-state index is 0.0738. The second-order valence-electron chi connectivity index (χ2n) is 4.23. The number of primary amides is 1. The quantitative estimate of drug-likeness (QED) is 0.711. The monoisotopic (exact) mass is 214 g/mol. The lowest BCUT2D eigenvalue weighted by molar-refractivity contribution is -0.133. The first kappa shape index (κ1) is 12.5. The molecule has 1 amide bonds. The van der Waals surface area contributed by atoms with Gasteiger partial charge in [0.05, 0.1) is 6.10 Å². The van der Waals surface area contributed by atoms with Crippen molar-refractivity contribution < 1.29 is 9.53 Å². The van der Waals surface area contributed by atoms with Crippen molar-refractivity contribution in [1.82, 2.24) is 5.32 Å². The van der Waals surface area contributed by atoms with Crippen LogP contribution in [0.5, 0.6) is 0 Å². The fourth-order valence-corrected chi connectivity index (χ4v) is 2.38. The fourth-order valence-electron chi connectivity index (χ4n) is 2.38. The molecule has 1 rings (SSSR count). The van der Waals surface area contributed by atoms with Crippen LogP contribution in [0.2, 0.25) is 0 Å². The molecule has 0 bridgehead atoms. The first-order chi connectivity index (χ1) is 7.17. The summed E-state index contributed by atoms with van der Waals surface area (Å²) in [5.74, 6) is -0.275. The van der Waals surface area contributed by atoms with E-state index in [4.69, 9.17) is 10.5 Å². The molecule has 1 fully saturated rings. The zero-order valence-corrected chi connectivity index (χ0v) is 9.71. The normalized spacial score (nSPS) is 31.5. The molecule has 0 radical (unpaired) electrons. The summed E-state index contributed by atoms with van der Waals surface area (Å²) in [7, 11) is 1.65. The second kappa shape index (κ2) is 5.47. The van der Waals surface area contributed by atoms with E-state index in [9.17, 15) is 4.79 Å². The molecule has 1 saturated carbocycles. The highest BCUT2D eigenvalue weighted by Gasteiger charge is 2.45. The van der Waals surface area contributed by atoms with E-state index in [-0.39, 0.29) is 12.0 Å². The molecule has 2 unspecified atom stereocenters. The molecule has 0 aromatic carbocycles. The maximum atomic E-state index is 11.6. The Labute approximate surface area is 91.5 Å². The number of ether oxygens (including phenoxy) is 1. The molecular formula is C11H22N2O2. The maximum Gasteiger partial charge on any atom is 0.240 e. The number of nitrogens with one attached hydrogen (secondary N) is 1. The predicted octanol–water partition coefficient (Wildman–Crippen LogP) is 0.799. The highest BCUT2D eigenvalue weighted by molar-refractivity contribution is 5.85. The third-order valence-corrected chi connectivity index (χ3v) is 3.25. The van der Waals surface area contributed by atoms with Gasteiger partial charge in [-0.1, -0.05) is 19.8 Å². The number of carbonyl (C=O) groups is 1. The van der Waals surface area contributed by atoms with Crippen molar-refractivity contribution in [3.8, 4) is 0 Å². The average Bonchev–Trinajstić information content (AvgIpc) is 2.26. The Morgan fingerprint density at radius 2 is 2.33 bits per heavy atom. The lowest BCUT2D eigenvalue weighted by Gasteiger charge is -2.41. The summed E-state index contributed by atoms with van der Waals surface area (Å²) in [6.07, 6.45) is 4.78. The van der Waals surface area contributed by atoms with Crippen molar-refractivity contribution in [1.29, 1.82) is 0 Å². The third kappa shape index (κ3) is 2.49. The molecule has 0 heterocycles. The Morgan fingerprint density at radius 3 is 2.87 bits per heavy atom. The Bertz CT molecular complexity index is 221. The number of methoxy groups -OCH3 is 1. The van der Waals surface area contributed by atoms with Crippen molar-refractivity contribution in [2.24, 2.45) is 5.73 Å². The van der Waals surface area contributed by atoms with Crippen LogP contribution in [0, 0.1) is 0 Å². The molecule has 1 aliphatic carbocycles. The Morgan fingerprint density at radius 1 is 1.60 bits per heavy atom. The van der Waals surface area contributed by atoms with Crippen molar-refractivity contribution in [2.45, 2.75) is 50.7 Å². The van der Waals surface area contributed by atoms with Gasteiger partial charge in [-0.25, -0.2) is 0 Å². The zero-order chi connectivity index (χ0) is 11.3. The van der Waals surface area contributed by atoms with Gasteiger partial charge >= 0.3 is 0 Å². The van der Waals surface area contributed by atoms with Gasteiger partial charge in [-0.2, -0.15) is 0 Å². The third-order valence-electron chi connectivity index (χ3n) is 3.25. The van der Waals surface area contributed by atoms with Crippen LogP contribution in [-0.4, -0.2) is 31.2 Å². The van der Waals surface area contributed by atoms with Gasteiger partial charge in [0.2, 0.25) is 5.91 Å². The van der Waals surface area contributed by atoms with Crippen LogP contribution in [0.25, 0.3) is 0 Å². The van der Waals surface area contributed by atoms with Crippen LogP contribution in [0.15, 0.2) is 0 Å². The summed E-state index contributed by atoms with van der Waals surface area (Å²) in [4.78, 5) is 11.6. The van der Waals surface area contributed by atoms with E-state index in [1.165, 1.54) is 0 Å². The molecule has 88 valence electrons. The van der Waals surface area contributed by atoms with E-state index in [0.717, 1.165) is 38.6 Å². The zero-order valence-electron chi connectivity index (χ0n) is 9.71. The first-order valence-electron chi connectivity index (χ1n) is 5.75. The largest absolute Gasteiger partial charge is 0.379 e. The number of hydrogen-bond donors (Lipinski definition) is 2.